The summed E-state index contributed by atoms with van der Waals surface area (Å²) in [5.41, 5.74) is 0.626. The number of aromatic nitrogens is 2. The van der Waals surface area contributed by atoms with Crippen molar-refractivity contribution in [1.29, 1.82) is 0 Å². The van der Waals surface area contributed by atoms with Gasteiger partial charge in [0.15, 0.2) is 0 Å². The third-order valence-corrected chi connectivity index (χ3v) is 7.43. The molecule has 0 spiro atoms. The van der Waals surface area contributed by atoms with Crippen LogP contribution in [0.2, 0.25) is 0 Å². The fourth-order valence-electron chi connectivity index (χ4n) is 3.60. The van der Waals surface area contributed by atoms with Gasteiger partial charge in [0, 0.05) is 44.4 Å². The van der Waals surface area contributed by atoms with Gasteiger partial charge in [-0.1, -0.05) is 6.92 Å². The molecule has 4 rings (SSSR count). The Morgan fingerprint density at radius 2 is 1.62 bits per heavy atom. The molecule has 1 aliphatic rings. The minimum Gasteiger partial charge on any atom is -0.353 e. The molecule has 0 unspecified atom stereocenters. The summed E-state index contributed by atoms with van der Waals surface area (Å²) in [5.74, 6) is -0.0336. The molecule has 2 aromatic carbocycles. The lowest BCUT2D eigenvalue weighted by Crippen LogP contribution is -2.49. The van der Waals surface area contributed by atoms with Gasteiger partial charge in [0.2, 0.25) is 15.9 Å². The van der Waals surface area contributed by atoms with Gasteiger partial charge in [0.1, 0.15) is 11.6 Å². The molecule has 1 saturated heterocycles. The maximum Gasteiger partial charge on any atom is 0.271 e. The lowest BCUT2D eigenvalue weighted by Gasteiger charge is -2.34. The number of anilines is 2. The number of rotatable bonds is 6. The van der Waals surface area contributed by atoms with E-state index in [0.29, 0.717) is 36.7 Å². The van der Waals surface area contributed by atoms with Crippen LogP contribution in [0.3, 0.4) is 0 Å². The number of hydrogen-bond acceptors (Lipinski definition) is 6. The van der Waals surface area contributed by atoms with Crippen molar-refractivity contribution in [2.45, 2.75) is 18.2 Å². The Morgan fingerprint density at radius 3 is 2.24 bits per heavy atom. The number of piperazine rings is 1. The van der Waals surface area contributed by atoms with E-state index in [0.717, 1.165) is 0 Å². The van der Waals surface area contributed by atoms with Gasteiger partial charge in [-0.05, 0) is 54.6 Å². The number of sulfonamides is 1. The second kappa shape index (κ2) is 9.74. The molecule has 0 aliphatic carbocycles. The zero-order valence-electron chi connectivity index (χ0n) is 18.5. The first-order valence-electron chi connectivity index (χ1n) is 10.8. The molecular weight excluding hydrogens is 461 g/mol. The first kappa shape index (κ1) is 23.6. The van der Waals surface area contributed by atoms with Crippen molar-refractivity contribution < 1.29 is 17.6 Å². The molecular formula is C23H24FN5O4S. The lowest BCUT2D eigenvalue weighted by molar-refractivity contribution is -0.115. The molecule has 1 fully saturated rings. The molecule has 3 aromatic rings. The maximum absolute atomic E-state index is 13.2. The zero-order valence-corrected chi connectivity index (χ0v) is 19.3. The van der Waals surface area contributed by atoms with E-state index in [4.69, 9.17) is 0 Å². The minimum atomic E-state index is -3.70. The zero-order chi connectivity index (χ0) is 24.3. The molecule has 1 aliphatic heterocycles. The van der Waals surface area contributed by atoms with Crippen molar-refractivity contribution in [1.82, 2.24) is 14.1 Å². The summed E-state index contributed by atoms with van der Waals surface area (Å²) in [6.45, 7) is 3.00. The van der Waals surface area contributed by atoms with Crippen molar-refractivity contribution in [3.05, 3.63) is 76.8 Å². The third kappa shape index (κ3) is 5.00. The number of benzene rings is 2. The van der Waals surface area contributed by atoms with Crippen LogP contribution >= 0.6 is 0 Å². The molecule has 9 nitrogen and oxygen atoms in total. The molecule has 178 valence electrons. The summed E-state index contributed by atoms with van der Waals surface area (Å²) < 4.78 is 41.9. The average molecular weight is 486 g/mol. The quantitative estimate of drug-likeness (QED) is 0.574. The van der Waals surface area contributed by atoms with Crippen molar-refractivity contribution in [2.24, 2.45) is 0 Å². The Morgan fingerprint density at radius 1 is 0.971 bits per heavy atom. The molecule has 1 aromatic heterocycles. The van der Waals surface area contributed by atoms with Crippen molar-refractivity contribution in [3.63, 3.8) is 0 Å². The van der Waals surface area contributed by atoms with Gasteiger partial charge < -0.3 is 10.2 Å². The van der Waals surface area contributed by atoms with Gasteiger partial charge >= 0.3 is 0 Å². The van der Waals surface area contributed by atoms with Crippen LogP contribution < -0.4 is 15.8 Å². The summed E-state index contributed by atoms with van der Waals surface area (Å²) in [6.07, 6.45) is 0.334. The predicted octanol–water partition coefficient (Wildman–Crippen LogP) is 2.23. The third-order valence-electron chi connectivity index (χ3n) is 5.52. The van der Waals surface area contributed by atoms with Crippen LogP contribution in [0.1, 0.15) is 13.3 Å². The predicted molar refractivity (Wildman–Crippen MR) is 126 cm³/mol. The minimum absolute atomic E-state index is 0.147. The van der Waals surface area contributed by atoms with Crippen molar-refractivity contribution in [3.8, 4) is 5.69 Å². The molecule has 0 bridgehead atoms. The van der Waals surface area contributed by atoms with Crippen molar-refractivity contribution >= 4 is 27.4 Å². The van der Waals surface area contributed by atoms with E-state index in [1.54, 1.807) is 25.1 Å². The standard InChI is InChI=1S/C23H24FN5O4S/c1-2-22(30)25-18-5-9-20(10-6-18)34(32,33)28-15-13-27(14-16-28)21-11-12-23(31)29(26-21)19-7-3-17(24)4-8-19/h3-12H,2,13-16H2,1H3,(H,25,30). The van der Waals surface area contributed by atoms with E-state index in [2.05, 4.69) is 10.4 Å². The van der Waals surface area contributed by atoms with E-state index in [9.17, 15) is 22.4 Å². The highest BCUT2D eigenvalue weighted by atomic mass is 32.2. The van der Waals surface area contributed by atoms with Gasteiger partial charge in [0.25, 0.3) is 5.56 Å². The van der Waals surface area contributed by atoms with Crippen LogP contribution in [-0.2, 0) is 14.8 Å². The van der Waals surface area contributed by atoms with Gasteiger partial charge in [-0.15, -0.1) is 5.10 Å². The number of hydrogen-bond donors (Lipinski definition) is 1. The number of amides is 1. The van der Waals surface area contributed by atoms with Crippen LogP contribution in [0, 0.1) is 5.82 Å². The van der Waals surface area contributed by atoms with Crippen LogP contribution in [-0.4, -0.2) is 54.6 Å². The Kier molecular flexibility index (Phi) is 6.75. The number of carbonyl (C=O) groups is 1. The topological polar surface area (TPSA) is 105 Å². The highest BCUT2D eigenvalue weighted by Gasteiger charge is 2.29. The van der Waals surface area contributed by atoms with Crippen LogP contribution in [0.5, 0.6) is 0 Å². The van der Waals surface area contributed by atoms with Crippen LogP contribution in [0.25, 0.3) is 5.69 Å². The maximum atomic E-state index is 13.2. The van der Waals surface area contributed by atoms with Crippen molar-refractivity contribution in [2.75, 3.05) is 36.4 Å². The molecule has 34 heavy (non-hydrogen) atoms. The van der Waals surface area contributed by atoms with E-state index >= 15 is 0 Å². The Balaban J connectivity index is 1.46. The molecule has 0 radical (unpaired) electrons. The number of carbonyl (C=O) groups excluding carboxylic acids is 1. The fourth-order valence-corrected chi connectivity index (χ4v) is 5.03. The Labute approximate surface area is 196 Å². The molecule has 2 heterocycles. The number of nitrogens with one attached hydrogen (secondary N) is 1. The smallest absolute Gasteiger partial charge is 0.271 e. The van der Waals surface area contributed by atoms with E-state index in [1.807, 2.05) is 4.90 Å². The Hall–Kier alpha value is -3.57. The normalized spacial score (nSPS) is 14.7. The van der Waals surface area contributed by atoms with E-state index in [1.165, 1.54) is 51.5 Å². The first-order chi connectivity index (χ1) is 16.3. The molecule has 0 atom stereocenters. The summed E-state index contributed by atoms with van der Waals surface area (Å²) in [4.78, 5) is 25.8. The summed E-state index contributed by atoms with van der Waals surface area (Å²) in [7, 11) is -3.70. The lowest BCUT2D eigenvalue weighted by atomic mass is 10.3. The van der Waals surface area contributed by atoms with E-state index in [-0.39, 0.29) is 29.5 Å². The second-order valence-electron chi connectivity index (χ2n) is 7.74. The van der Waals surface area contributed by atoms with E-state index < -0.39 is 15.8 Å². The summed E-state index contributed by atoms with van der Waals surface area (Å²) >= 11 is 0. The number of nitrogens with zero attached hydrogens (tertiary/aromatic N) is 4. The SMILES string of the molecule is CCC(=O)Nc1ccc(S(=O)(=O)N2CCN(c3ccc(=O)n(-c4ccc(F)cc4)n3)CC2)cc1. The molecule has 1 N–H and O–H groups in total. The van der Waals surface area contributed by atoms with Gasteiger partial charge in [0.05, 0.1) is 10.6 Å². The van der Waals surface area contributed by atoms with Gasteiger partial charge in [-0.25, -0.2) is 12.8 Å². The monoisotopic (exact) mass is 485 g/mol. The molecule has 11 heteroatoms. The molecule has 0 saturated carbocycles. The Bertz CT molecular complexity index is 1330. The second-order valence-corrected chi connectivity index (χ2v) is 9.67. The van der Waals surface area contributed by atoms with Crippen LogP contribution in [0.4, 0.5) is 15.9 Å². The highest BCUT2D eigenvalue weighted by Crippen LogP contribution is 2.21. The number of halogens is 1. The largest absolute Gasteiger partial charge is 0.353 e. The van der Waals surface area contributed by atoms with Gasteiger partial charge in [-0.2, -0.15) is 8.99 Å². The summed E-state index contributed by atoms with van der Waals surface area (Å²) in [5, 5.41) is 7.08. The first-order valence-corrected chi connectivity index (χ1v) is 12.2. The fraction of sp³-hybridized carbons (Fsp3) is 0.261. The van der Waals surface area contributed by atoms with Crippen LogP contribution in [0.15, 0.2) is 70.4 Å². The average Bonchev–Trinajstić information content (AvgIpc) is 2.85. The van der Waals surface area contributed by atoms with Gasteiger partial charge in [-0.3, -0.25) is 9.59 Å². The highest BCUT2D eigenvalue weighted by molar-refractivity contribution is 7.89. The molecule has 1 amide bonds. The summed E-state index contributed by atoms with van der Waals surface area (Å²) in [6, 6.07) is 14.5.